The number of para-hydroxylation sites is 1. The molecule has 0 bridgehead atoms. The van der Waals surface area contributed by atoms with Crippen LogP contribution >= 0.6 is 0 Å². The van der Waals surface area contributed by atoms with Crippen LogP contribution in [0.2, 0.25) is 0 Å². The summed E-state index contributed by atoms with van der Waals surface area (Å²) in [6.45, 7) is 3.16. The first-order valence-electron chi connectivity index (χ1n) is 6.44. The van der Waals surface area contributed by atoms with Gasteiger partial charge in [0.1, 0.15) is 11.6 Å². The molecule has 4 heteroatoms. The van der Waals surface area contributed by atoms with Crippen LogP contribution in [0.3, 0.4) is 0 Å². The van der Waals surface area contributed by atoms with Gasteiger partial charge < -0.3 is 5.11 Å². The fourth-order valence-corrected chi connectivity index (χ4v) is 2.51. The Morgan fingerprint density at radius 2 is 2.22 bits per heavy atom. The molecule has 2 heterocycles. The molecule has 0 amide bonds. The Hall–Kier alpha value is -1.84. The smallest absolute Gasteiger partial charge is 0.155 e. The minimum absolute atomic E-state index is 0.318. The van der Waals surface area contributed by atoms with E-state index in [2.05, 4.69) is 17.0 Å². The van der Waals surface area contributed by atoms with Gasteiger partial charge in [0.25, 0.3) is 0 Å². The Morgan fingerprint density at radius 3 is 3.00 bits per heavy atom. The number of benzene rings is 1. The van der Waals surface area contributed by atoms with E-state index in [1.165, 1.54) is 12.8 Å². The summed E-state index contributed by atoms with van der Waals surface area (Å²) in [5.41, 5.74) is 0.883. The highest BCUT2D eigenvalue weighted by atomic mass is 16.3. The van der Waals surface area contributed by atoms with Crippen molar-refractivity contribution in [2.75, 3.05) is 0 Å². The molecule has 0 fully saturated rings. The maximum Gasteiger partial charge on any atom is 0.155 e. The fraction of sp³-hybridized carbons (Fsp3) is 0.429. The quantitative estimate of drug-likeness (QED) is 0.881. The summed E-state index contributed by atoms with van der Waals surface area (Å²) in [6, 6.07) is 7.37. The molecule has 1 N–H and O–H groups in total. The van der Waals surface area contributed by atoms with Crippen molar-refractivity contribution in [3.63, 3.8) is 0 Å². The largest absolute Gasteiger partial charge is 0.508 e. The average molecular weight is 243 g/mol. The molecule has 2 aromatic rings. The van der Waals surface area contributed by atoms with Crippen molar-refractivity contribution in [3.05, 3.63) is 41.5 Å². The van der Waals surface area contributed by atoms with E-state index in [0.29, 0.717) is 18.1 Å². The Bertz CT molecular complexity index is 562. The summed E-state index contributed by atoms with van der Waals surface area (Å²) in [6.07, 6.45) is 2.96. The van der Waals surface area contributed by atoms with Crippen LogP contribution in [0.4, 0.5) is 0 Å². The van der Waals surface area contributed by atoms with Crippen molar-refractivity contribution in [3.8, 4) is 5.75 Å². The van der Waals surface area contributed by atoms with E-state index in [9.17, 15) is 5.11 Å². The highest BCUT2D eigenvalue weighted by Crippen LogP contribution is 2.25. The third-order valence-corrected chi connectivity index (χ3v) is 3.53. The second kappa shape index (κ2) is 4.44. The molecule has 1 atom stereocenters. The van der Waals surface area contributed by atoms with Gasteiger partial charge in [0, 0.05) is 24.4 Å². The van der Waals surface area contributed by atoms with Crippen molar-refractivity contribution >= 4 is 0 Å². The average Bonchev–Trinajstić information content (AvgIpc) is 2.76. The summed E-state index contributed by atoms with van der Waals surface area (Å²) < 4.78 is 2.02. The van der Waals surface area contributed by atoms with Crippen molar-refractivity contribution in [1.82, 2.24) is 14.8 Å². The van der Waals surface area contributed by atoms with Crippen LogP contribution in [0, 0.1) is 0 Å². The first-order chi connectivity index (χ1) is 8.74. The van der Waals surface area contributed by atoms with Crippen LogP contribution in [0.15, 0.2) is 24.3 Å². The summed E-state index contributed by atoms with van der Waals surface area (Å²) in [5.74, 6) is 2.70. The highest BCUT2D eigenvalue weighted by molar-refractivity contribution is 5.33. The Labute approximate surface area is 106 Å². The Morgan fingerprint density at radius 1 is 1.39 bits per heavy atom. The van der Waals surface area contributed by atoms with Gasteiger partial charge in [0.2, 0.25) is 0 Å². The van der Waals surface area contributed by atoms with Crippen molar-refractivity contribution in [1.29, 1.82) is 0 Å². The molecule has 0 saturated heterocycles. The predicted octanol–water partition coefficient (Wildman–Crippen LogP) is 2.47. The van der Waals surface area contributed by atoms with Gasteiger partial charge in [-0.2, -0.15) is 5.10 Å². The maximum atomic E-state index is 9.76. The number of hydrogen-bond acceptors (Lipinski definition) is 3. The molecule has 1 aliphatic rings. The van der Waals surface area contributed by atoms with Gasteiger partial charge in [0.05, 0.1) is 0 Å². The number of fused-ring (bicyclic) bond motifs is 1. The van der Waals surface area contributed by atoms with Gasteiger partial charge >= 0.3 is 0 Å². The lowest BCUT2D eigenvalue weighted by molar-refractivity contribution is 0.431. The minimum Gasteiger partial charge on any atom is -0.508 e. The number of rotatable bonds is 2. The van der Waals surface area contributed by atoms with Gasteiger partial charge in [-0.3, -0.25) is 0 Å². The Kier molecular flexibility index (Phi) is 2.78. The van der Waals surface area contributed by atoms with Gasteiger partial charge in [0.15, 0.2) is 5.82 Å². The van der Waals surface area contributed by atoms with Gasteiger partial charge in [-0.15, -0.1) is 0 Å². The summed E-state index contributed by atoms with van der Waals surface area (Å²) in [5, 5.41) is 14.3. The molecular formula is C14H17N3O. The molecule has 0 radical (unpaired) electrons. The standard InChI is InChI=1S/C14H17N3O/c1-10-5-4-8-17-14(10)15-13(16-17)9-11-6-2-3-7-12(11)18/h2-3,6-7,10,18H,4-5,8-9H2,1H3. The molecule has 3 rings (SSSR count). The lowest BCUT2D eigenvalue weighted by atomic mass is 10.0. The zero-order valence-electron chi connectivity index (χ0n) is 10.5. The molecule has 1 aromatic carbocycles. The monoisotopic (exact) mass is 243 g/mol. The van der Waals surface area contributed by atoms with Gasteiger partial charge in [-0.25, -0.2) is 9.67 Å². The van der Waals surface area contributed by atoms with Crippen LogP contribution in [0.25, 0.3) is 0 Å². The van der Waals surface area contributed by atoms with E-state index in [0.717, 1.165) is 23.8 Å². The van der Waals surface area contributed by atoms with E-state index in [-0.39, 0.29) is 0 Å². The number of phenols is 1. The molecule has 1 aromatic heterocycles. The third kappa shape index (κ3) is 1.98. The minimum atomic E-state index is 0.318. The third-order valence-electron chi connectivity index (χ3n) is 3.53. The zero-order valence-corrected chi connectivity index (χ0v) is 10.5. The zero-order chi connectivity index (χ0) is 12.5. The van der Waals surface area contributed by atoms with Gasteiger partial charge in [-0.1, -0.05) is 25.1 Å². The number of aromatic nitrogens is 3. The normalized spacial score (nSPS) is 18.6. The van der Waals surface area contributed by atoms with Crippen LogP contribution < -0.4 is 0 Å². The van der Waals surface area contributed by atoms with Crippen molar-refractivity contribution < 1.29 is 5.11 Å². The van der Waals surface area contributed by atoms with E-state index >= 15 is 0 Å². The first-order valence-corrected chi connectivity index (χ1v) is 6.44. The first kappa shape index (κ1) is 11.3. The molecule has 0 aliphatic carbocycles. The molecule has 94 valence electrons. The predicted molar refractivity (Wildman–Crippen MR) is 68.6 cm³/mol. The molecule has 1 unspecified atom stereocenters. The van der Waals surface area contributed by atoms with Crippen molar-refractivity contribution in [2.45, 2.75) is 38.6 Å². The summed E-state index contributed by atoms with van der Waals surface area (Å²) in [7, 11) is 0. The van der Waals surface area contributed by atoms with Crippen LogP contribution in [0.5, 0.6) is 5.75 Å². The number of hydrogen-bond donors (Lipinski definition) is 1. The highest BCUT2D eigenvalue weighted by Gasteiger charge is 2.20. The molecule has 4 nitrogen and oxygen atoms in total. The molecule has 0 spiro atoms. The van der Waals surface area contributed by atoms with Crippen LogP contribution in [0.1, 0.15) is 42.9 Å². The SMILES string of the molecule is CC1CCCn2nc(Cc3ccccc3O)nc21. The second-order valence-corrected chi connectivity index (χ2v) is 4.96. The molecular weight excluding hydrogens is 226 g/mol. The van der Waals surface area contributed by atoms with Crippen LogP contribution in [-0.2, 0) is 13.0 Å². The fourth-order valence-electron chi connectivity index (χ4n) is 2.51. The number of aromatic hydroxyl groups is 1. The maximum absolute atomic E-state index is 9.76. The number of phenolic OH excluding ortho intramolecular Hbond substituents is 1. The second-order valence-electron chi connectivity index (χ2n) is 4.96. The van der Waals surface area contributed by atoms with E-state index in [1.807, 2.05) is 22.9 Å². The molecule has 1 aliphatic heterocycles. The van der Waals surface area contributed by atoms with Crippen LogP contribution in [-0.4, -0.2) is 19.9 Å². The summed E-state index contributed by atoms with van der Waals surface area (Å²) in [4.78, 5) is 4.61. The van der Waals surface area contributed by atoms with E-state index in [4.69, 9.17) is 0 Å². The Balaban J connectivity index is 1.88. The van der Waals surface area contributed by atoms with Gasteiger partial charge in [-0.05, 0) is 18.9 Å². The molecule has 0 saturated carbocycles. The molecule has 18 heavy (non-hydrogen) atoms. The van der Waals surface area contributed by atoms with E-state index in [1.54, 1.807) is 6.07 Å². The summed E-state index contributed by atoms with van der Waals surface area (Å²) >= 11 is 0. The lowest BCUT2D eigenvalue weighted by Crippen LogP contribution is -2.14. The van der Waals surface area contributed by atoms with Crippen molar-refractivity contribution in [2.24, 2.45) is 0 Å². The number of nitrogens with zero attached hydrogens (tertiary/aromatic N) is 3. The lowest BCUT2D eigenvalue weighted by Gasteiger charge is -2.17. The topological polar surface area (TPSA) is 50.9 Å². The number of aryl methyl sites for hydroxylation is 1. The van der Waals surface area contributed by atoms with E-state index < -0.39 is 0 Å².